The lowest BCUT2D eigenvalue weighted by molar-refractivity contribution is -0.0463. The molecule has 2 aromatic rings. The molecule has 1 aliphatic heterocycles. The van der Waals surface area contributed by atoms with E-state index in [1.165, 1.54) is 0 Å². The molecule has 2 fully saturated rings. The maximum absolute atomic E-state index is 13.2. The minimum absolute atomic E-state index is 0.00156. The van der Waals surface area contributed by atoms with Crippen molar-refractivity contribution < 1.29 is 33.0 Å². The number of nitrogens with zero attached hydrogens (tertiary/aromatic N) is 2. The quantitative estimate of drug-likeness (QED) is 0.268. The van der Waals surface area contributed by atoms with Gasteiger partial charge in [-0.15, -0.1) is 0 Å². The third-order valence-corrected chi connectivity index (χ3v) is 13.0. The summed E-state index contributed by atoms with van der Waals surface area (Å²) in [6.45, 7) is 21.7. The van der Waals surface area contributed by atoms with Crippen LogP contribution < -0.4 is 15.1 Å². The summed E-state index contributed by atoms with van der Waals surface area (Å²) in [7, 11) is -2.17. The van der Waals surface area contributed by atoms with Crippen LogP contribution in [0, 0.1) is 0 Å². The predicted octanol–water partition coefficient (Wildman–Crippen LogP) is 7.59. The molecule has 2 heterocycles. The molecule has 1 aromatic heterocycles. The third kappa shape index (κ3) is 8.80. The Bertz CT molecular complexity index is 1340. The molecule has 2 amide bonds. The lowest BCUT2D eigenvalue weighted by Gasteiger charge is -2.37. The van der Waals surface area contributed by atoms with Gasteiger partial charge < -0.3 is 28.7 Å². The number of hydrogen-bond donors (Lipinski definition) is 2. The molecule has 1 aromatic carbocycles. The van der Waals surface area contributed by atoms with Gasteiger partial charge in [-0.05, 0) is 78.1 Å². The SMILES string of the molecule is CC(C)OC(=O)N[C@@H]1CC[C@H](c2cc(NC(=O)OCc3cccc(O[Si](C)(C)C(C)(C)C)c3C3OCCO3)n(C(C)(C)C)n2)C1. The molecule has 4 rings (SSSR count). The zero-order valence-electron chi connectivity index (χ0n) is 28.6. The molecule has 0 bridgehead atoms. The van der Waals surface area contributed by atoms with Gasteiger partial charge in [0.1, 0.15) is 18.2 Å². The van der Waals surface area contributed by atoms with Crippen molar-refractivity contribution >= 4 is 26.3 Å². The fourth-order valence-corrected chi connectivity index (χ4v) is 6.34. The largest absolute Gasteiger partial charge is 0.543 e. The van der Waals surface area contributed by atoms with Crippen molar-refractivity contribution in [1.29, 1.82) is 0 Å². The van der Waals surface area contributed by atoms with Gasteiger partial charge in [-0.3, -0.25) is 5.32 Å². The Balaban J connectivity index is 1.48. The Morgan fingerprint density at radius 2 is 1.76 bits per heavy atom. The van der Waals surface area contributed by atoms with E-state index in [1.807, 2.05) is 63.6 Å². The zero-order chi connectivity index (χ0) is 33.2. The third-order valence-electron chi connectivity index (χ3n) is 8.65. The molecule has 2 N–H and O–H groups in total. The van der Waals surface area contributed by atoms with E-state index in [4.69, 9.17) is 28.5 Å². The second-order valence-electron chi connectivity index (χ2n) is 14.8. The number of alkyl carbamates (subject to hydrolysis) is 1. The van der Waals surface area contributed by atoms with Crippen LogP contribution in [0.25, 0.3) is 0 Å². The fraction of sp³-hybridized carbons (Fsp3) is 0.667. The molecule has 45 heavy (non-hydrogen) atoms. The molecule has 0 unspecified atom stereocenters. The Labute approximate surface area is 268 Å². The Hall–Kier alpha value is -3.09. The van der Waals surface area contributed by atoms with Crippen LogP contribution in [0.15, 0.2) is 24.3 Å². The van der Waals surface area contributed by atoms with E-state index in [2.05, 4.69) is 44.5 Å². The number of carbonyl (C=O) groups excluding carboxylic acids is 2. The highest BCUT2D eigenvalue weighted by Gasteiger charge is 2.40. The fourth-order valence-electron chi connectivity index (χ4n) is 5.30. The number of amides is 2. The van der Waals surface area contributed by atoms with Gasteiger partial charge in [0.2, 0.25) is 8.32 Å². The summed E-state index contributed by atoms with van der Waals surface area (Å²) in [5.41, 5.74) is 2.00. The summed E-state index contributed by atoms with van der Waals surface area (Å²) in [6, 6.07) is 7.67. The molecule has 12 heteroatoms. The highest BCUT2D eigenvalue weighted by Crippen LogP contribution is 2.42. The van der Waals surface area contributed by atoms with E-state index in [0.717, 1.165) is 36.1 Å². The van der Waals surface area contributed by atoms with Crippen LogP contribution in [0.5, 0.6) is 5.75 Å². The standard InChI is InChI=1S/C33H52N4O7Si/c1-21(2)43-31(39)34-24-15-14-22(18-24)25-19-27(37(36-25)32(3,4)5)35-30(38)42-20-23-12-11-13-26(28(23)29-40-16-17-41-29)44-45(9,10)33(6,7)8/h11-13,19,21-22,24,29H,14-18,20H2,1-10H3,(H,34,39)(H,35,38)/t22-,24+/m0/s1. The summed E-state index contributed by atoms with van der Waals surface area (Å²) in [6.07, 6.45) is 0.707. The highest BCUT2D eigenvalue weighted by atomic mass is 28.4. The van der Waals surface area contributed by atoms with E-state index in [1.54, 1.807) is 0 Å². The van der Waals surface area contributed by atoms with Crippen molar-refractivity contribution in [3.05, 3.63) is 41.1 Å². The molecule has 11 nitrogen and oxygen atoms in total. The van der Waals surface area contributed by atoms with Crippen LogP contribution in [0.4, 0.5) is 15.4 Å². The lowest BCUT2D eigenvalue weighted by Crippen LogP contribution is -2.44. The number of carbonyl (C=O) groups is 2. The van der Waals surface area contributed by atoms with Crippen LogP contribution in [-0.2, 0) is 31.1 Å². The molecule has 1 saturated carbocycles. The van der Waals surface area contributed by atoms with Crippen molar-refractivity contribution in [2.75, 3.05) is 18.5 Å². The van der Waals surface area contributed by atoms with Crippen LogP contribution in [0.2, 0.25) is 18.1 Å². The summed E-state index contributed by atoms with van der Waals surface area (Å²) >= 11 is 0. The molecule has 2 aliphatic rings. The average Bonchev–Trinajstić information content (AvgIpc) is 3.67. The summed E-state index contributed by atoms with van der Waals surface area (Å²) < 4.78 is 31.3. The first-order chi connectivity index (χ1) is 20.9. The van der Waals surface area contributed by atoms with Crippen LogP contribution in [0.3, 0.4) is 0 Å². The van der Waals surface area contributed by atoms with Gasteiger partial charge in [0, 0.05) is 23.6 Å². The monoisotopic (exact) mass is 644 g/mol. The number of benzene rings is 1. The van der Waals surface area contributed by atoms with Crippen molar-refractivity contribution in [1.82, 2.24) is 15.1 Å². The van der Waals surface area contributed by atoms with E-state index in [9.17, 15) is 9.59 Å². The van der Waals surface area contributed by atoms with Gasteiger partial charge in [-0.25, -0.2) is 14.3 Å². The van der Waals surface area contributed by atoms with E-state index >= 15 is 0 Å². The molecule has 0 radical (unpaired) electrons. The first-order valence-electron chi connectivity index (χ1n) is 16.0. The average molecular weight is 645 g/mol. The maximum atomic E-state index is 13.2. The Kier molecular flexibility index (Phi) is 10.6. The van der Waals surface area contributed by atoms with Gasteiger partial charge in [-0.2, -0.15) is 5.10 Å². The van der Waals surface area contributed by atoms with Gasteiger partial charge in [-0.1, -0.05) is 32.9 Å². The topological polar surface area (TPSA) is 122 Å². The number of aromatic nitrogens is 2. The molecule has 1 saturated heterocycles. The normalized spacial score (nSPS) is 19.5. The molecular formula is C33H52N4O7Si. The molecule has 0 spiro atoms. The Morgan fingerprint density at radius 1 is 1.07 bits per heavy atom. The highest BCUT2D eigenvalue weighted by molar-refractivity contribution is 6.74. The minimum atomic E-state index is -2.17. The number of hydrogen-bond acceptors (Lipinski definition) is 8. The molecule has 250 valence electrons. The predicted molar refractivity (Wildman–Crippen MR) is 175 cm³/mol. The van der Waals surface area contributed by atoms with Crippen molar-refractivity contribution in [3.63, 3.8) is 0 Å². The van der Waals surface area contributed by atoms with Crippen LogP contribution in [-0.4, -0.2) is 55.6 Å². The van der Waals surface area contributed by atoms with Crippen molar-refractivity contribution in [3.8, 4) is 5.75 Å². The molecule has 1 aliphatic carbocycles. The van der Waals surface area contributed by atoms with Crippen molar-refractivity contribution in [2.45, 2.75) is 129 Å². The van der Waals surface area contributed by atoms with Crippen LogP contribution >= 0.6 is 0 Å². The summed E-state index contributed by atoms with van der Waals surface area (Å²) in [5, 5.41) is 10.8. The van der Waals surface area contributed by atoms with Gasteiger partial charge >= 0.3 is 12.2 Å². The number of rotatable bonds is 9. The first-order valence-corrected chi connectivity index (χ1v) is 18.9. The maximum Gasteiger partial charge on any atom is 0.413 e. The van der Waals surface area contributed by atoms with Gasteiger partial charge in [0.05, 0.1) is 36.1 Å². The molecular weight excluding hydrogens is 592 g/mol. The summed E-state index contributed by atoms with van der Waals surface area (Å²) in [5.74, 6) is 1.40. The minimum Gasteiger partial charge on any atom is -0.543 e. The van der Waals surface area contributed by atoms with E-state index in [0.29, 0.717) is 24.8 Å². The zero-order valence-corrected chi connectivity index (χ0v) is 29.6. The van der Waals surface area contributed by atoms with Crippen LogP contribution in [0.1, 0.15) is 104 Å². The summed E-state index contributed by atoms with van der Waals surface area (Å²) in [4.78, 5) is 25.3. The molecule has 2 atom stereocenters. The lowest BCUT2D eigenvalue weighted by atomic mass is 10.0. The first kappa shape index (κ1) is 34.8. The van der Waals surface area contributed by atoms with Gasteiger partial charge in [0.15, 0.2) is 6.29 Å². The van der Waals surface area contributed by atoms with E-state index < -0.39 is 32.3 Å². The van der Waals surface area contributed by atoms with Crippen molar-refractivity contribution in [2.24, 2.45) is 0 Å². The van der Waals surface area contributed by atoms with Gasteiger partial charge in [0.25, 0.3) is 0 Å². The second-order valence-corrected chi connectivity index (χ2v) is 19.5. The number of anilines is 1. The smallest absolute Gasteiger partial charge is 0.413 e. The second kappa shape index (κ2) is 13.7. The number of nitrogens with one attached hydrogen (secondary N) is 2. The Morgan fingerprint density at radius 3 is 2.38 bits per heavy atom. The number of ether oxygens (including phenoxy) is 4. The van der Waals surface area contributed by atoms with E-state index in [-0.39, 0.29) is 29.7 Å².